The Hall–Kier alpha value is -2.00. The summed E-state index contributed by atoms with van der Waals surface area (Å²) in [6.45, 7) is 1.02. The molecule has 0 aromatic heterocycles. The number of nitro groups is 1. The Labute approximate surface area is 134 Å². The number of primary amides is 1. The number of hydrogen-bond acceptors (Lipinski definition) is 5. The second-order valence-corrected chi connectivity index (χ2v) is 7.46. The van der Waals surface area contributed by atoms with E-state index < -0.39 is 33.1 Å². The van der Waals surface area contributed by atoms with Crippen molar-refractivity contribution in [2.75, 3.05) is 6.54 Å². The molecule has 0 aliphatic heterocycles. The van der Waals surface area contributed by atoms with Crippen molar-refractivity contribution < 1.29 is 18.1 Å². The van der Waals surface area contributed by atoms with Crippen molar-refractivity contribution >= 4 is 21.6 Å². The molecule has 1 amide bonds. The third-order valence-corrected chi connectivity index (χ3v) is 6.09. The Morgan fingerprint density at radius 1 is 1.39 bits per heavy atom. The summed E-state index contributed by atoms with van der Waals surface area (Å²) in [4.78, 5) is 21.5. The van der Waals surface area contributed by atoms with Crippen molar-refractivity contribution in [1.29, 1.82) is 0 Å². The van der Waals surface area contributed by atoms with Crippen LogP contribution in [0.1, 0.15) is 31.2 Å². The Morgan fingerprint density at radius 3 is 2.52 bits per heavy atom. The zero-order chi connectivity index (χ0) is 17.2. The molecule has 1 fully saturated rings. The van der Waals surface area contributed by atoms with Gasteiger partial charge in [-0.05, 0) is 25.3 Å². The number of carbonyl (C=O) groups excluding carboxylic acids is 1. The van der Waals surface area contributed by atoms with Gasteiger partial charge >= 0.3 is 0 Å². The third kappa shape index (κ3) is 3.50. The van der Waals surface area contributed by atoms with E-state index in [2.05, 4.69) is 0 Å². The first-order valence-electron chi connectivity index (χ1n) is 7.29. The largest absolute Gasteiger partial charge is 0.369 e. The fraction of sp³-hybridized carbons (Fsp3) is 0.500. The van der Waals surface area contributed by atoms with Crippen molar-refractivity contribution in [2.24, 2.45) is 5.73 Å². The highest BCUT2D eigenvalue weighted by atomic mass is 32.2. The molecule has 9 heteroatoms. The van der Waals surface area contributed by atoms with E-state index in [1.807, 2.05) is 0 Å². The second kappa shape index (κ2) is 6.63. The van der Waals surface area contributed by atoms with Crippen molar-refractivity contribution in [3.63, 3.8) is 0 Å². The Bertz CT molecular complexity index is 726. The second-order valence-electron chi connectivity index (χ2n) is 5.64. The van der Waals surface area contributed by atoms with Crippen LogP contribution < -0.4 is 5.73 Å². The van der Waals surface area contributed by atoms with Crippen LogP contribution >= 0.6 is 0 Å². The summed E-state index contributed by atoms with van der Waals surface area (Å²) < 4.78 is 27.1. The summed E-state index contributed by atoms with van der Waals surface area (Å²) in [5.74, 6) is -0.781. The number of sulfonamides is 1. The number of nitro benzene ring substituents is 1. The molecule has 126 valence electrons. The van der Waals surface area contributed by atoms with E-state index in [1.165, 1.54) is 19.1 Å². The molecule has 0 atom stereocenters. The number of rotatable bonds is 6. The summed E-state index contributed by atoms with van der Waals surface area (Å²) in [6, 6.07) is 3.72. The molecular formula is C14H19N3O5S. The highest BCUT2D eigenvalue weighted by Crippen LogP contribution is 2.34. The predicted molar refractivity (Wildman–Crippen MR) is 83.2 cm³/mol. The minimum absolute atomic E-state index is 0.270. The van der Waals surface area contributed by atoms with Crippen LogP contribution in [0.25, 0.3) is 0 Å². The summed E-state index contributed by atoms with van der Waals surface area (Å²) in [6.07, 6.45) is 2.94. The average Bonchev–Trinajstić information content (AvgIpc) is 2.97. The Balaban J connectivity index is 2.58. The number of aryl methyl sites for hydroxylation is 1. The molecule has 0 spiro atoms. The normalized spacial score (nSPS) is 15.9. The maximum absolute atomic E-state index is 13.0. The van der Waals surface area contributed by atoms with E-state index in [0.717, 1.165) is 23.2 Å². The van der Waals surface area contributed by atoms with Crippen molar-refractivity contribution in [3.8, 4) is 0 Å². The Kier molecular flexibility index (Phi) is 5.00. The highest BCUT2D eigenvalue weighted by Gasteiger charge is 2.38. The molecule has 0 bridgehead atoms. The molecule has 2 N–H and O–H groups in total. The number of benzene rings is 1. The first-order valence-corrected chi connectivity index (χ1v) is 8.73. The molecular weight excluding hydrogens is 322 g/mol. The van der Waals surface area contributed by atoms with Crippen LogP contribution in [0.15, 0.2) is 23.1 Å². The molecule has 1 aliphatic rings. The SMILES string of the molecule is Cc1cccc([N+](=O)[O-])c1S(=O)(=O)N(CC(N)=O)C1CCCC1. The van der Waals surface area contributed by atoms with Crippen LogP contribution in [0.4, 0.5) is 5.69 Å². The lowest BCUT2D eigenvalue weighted by atomic mass is 10.2. The van der Waals surface area contributed by atoms with E-state index in [-0.39, 0.29) is 16.5 Å². The first kappa shape index (κ1) is 17.4. The van der Waals surface area contributed by atoms with E-state index in [4.69, 9.17) is 5.73 Å². The molecule has 0 radical (unpaired) electrons. The lowest BCUT2D eigenvalue weighted by Gasteiger charge is -2.27. The van der Waals surface area contributed by atoms with E-state index in [1.54, 1.807) is 0 Å². The summed E-state index contributed by atoms with van der Waals surface area (Å²) in [5.41, 5.74) is 4.97. The molecule has 1 aliphatic carbocycles. The standard InChI is InChI=1S/C14H19N3O5S/c1-10-5-4-8-12(17(19)20)14(10)23(21,22)16(9-13(15)18)11-6-2-3-7-11/h4-5,8,11H,2-3,6-7,9H2,1H3,(H2,15,18). The molecule has 0 heterocycles. The molecule has 2 rings (SSSR count). The van der Waals surface area contributed by atoms with Gasteiger partial charge in [0, 0.05) is 12.1 Å². The smallest absolute Gasteiger partial charge is 0.289 e. The van der Waals surface area contributed by atoms with Gasteiger partial charge in [-0.15, -0.1) is 0 Å². The topological polar surface area (TPSA) is 124 Å². The maximum Gasteiger partial charge on any atom is 0.289 e. The summed E-state index contributed by atoms with van der Waals surface area (Å²) in [5, 5.41) is 11.2. The fourth-order valence-corrected chi connectivity index (χ4v) is 5.01. The van der Waals surface area contributed by atoms with Crippen molar-refractivity contribution in [3.05, 3.63) is 33.9 Å². The monoisotopic (exact) mass is 341 g/mol. The lowest BCUT2D eigenvalue weighted by Crippen LogP contribution is -2.44. The zero-order valence-corrected chi connectivity index (χ0v) is 13.6. The minimum Gasteiger partial charge on any atom is -0.369 e. The number of amides is 1. The molecule has 0 saturated heterocycles. The molecule has 23 heavy (non-hydrogen) atoms. The van der Waals surface area contributed by atoms with Crippen LogP contribution in [0.2, 0.25) is 0 Å². The van der Waals surface area contributed by atoms with Crippen LogP contribution in [-0.2, 0) is 14.8 Å². The van der Waals surface area contributed by atoms with Gasteiger partial charge in [0.25, 0.3) is 15.7 Å². The van der Waals surface area contributed by atoms with Crippen molar-refractivity contribution in [2.45, 2.75) is 43.5 Å². The van der Waals surface area contributed by atoms with Gasteiger partial charge in [-0.3, -0.25) is 14.9 Å². The number of nitrogens with two attached hydrogens (primary N) is 1. The fourth-order valence-electron chi connectivity index (χ4n) is 2.99. The van der Waals surface area contributed by atoms with E-state index >= 15 is 0 Å². The molecule has 1 aromatic carbocycles. The van der Waals surface area contributed by atoms with E-state index in [9.17, 15) is 23.3 Å². The summed E-state index contributed by atoms with van der Waals surface area (Å²) in [7, 11) is -4.20. The molecule has 1 saturated carbocycles. The van der Waals surface area contributed by atoms with Crippen LogP contribution in [-0.4, -0.2) is 36.1 Å². The zero-order valence-electron chi connectivity index (χ0n) is 12.8. The highest BCUT2D eigenvalue weighted by molar-refractivity contribution is 7.89. The number of carbonyl (C=O) groups is 1. The van der Waals surface area contributed by atoms with Gasteiger partial charge in [-0.2, -0.15) is 4.31 Å². The quantitative estimate of drug-likeness (QED) is 0.617. The Morgan fingerprint density at radius 2 is 2.00 bits per heavy atom. The first-order chi connectivity index (χ1) is 10.7. The van der Waals surface area contributed by atoms with Gasteiger partial charge < -0.3 is 5.73 Å². The van der Waals surface area contributed by atoms with Gasteiger partial charge in [0.2, 0.25) is 5.91 Å². The average molecular weight is 341 g/mol. The van der Waals surface area contributed by atoms with Crippen LogP contribution in [0.5, 0.6) is 0 Å². The van der Waals surface area contributed by atoms with E-state index in [0.29, 0.717) is 12.8 Å². The van der Waals surface area contributed by atoms with Gasteiger partial charge in [0.15, 0.2) is 4.90 Å². The van der Waals surface area contributed by atoms with Gasteiger partial charge in [-0.1, -0.05) is 25.0 Å². The number of hydrogen-bond donors (Lipinski definition) is 1. The predicted octanol–water partition coefficient (Wildman–Crippen LogP) is 1.32. The van der Waals surface area contributed by atoms with Gasteiger partial charge in [0.05, 0.1) is 11.5 Å². The summed E-state index contributed by atoms with van der Waals surface area (Å²) >= 11 is 0. The van der Waals surface area contributed by atoms with Crippen LogP contribution in [0.3, 0.4) is 0 Å². The van der Waals surface area contributed by atoms with Crippen LogP contribution in [0, 0.1) is 17.0 Å². The van der Waals surface area contributed by atoms with Gasteiger partial charge in [0.1, 0.15) is 0 Å². The molecule has 8 nitrogen and oxygen atoms in total. The maximum atomic E-state index is 13.0. The lowest BCUT2D eigenvalue weighted by molar-refractivity contribution is -0.387. The van der Waals surface area contributed by atoms with Gasteiger partial charge in [-0.25, -0.2) is 8.42 Å². The number of nitrogens with zero attached hydrogens (tertiary/aromatic N) is 2. The van der Waals surface area contributed by atoms with Crippen molar-refractivity contribution in [1.82, 2.24) is 4.31 Å². The molecule has 1 aromatic rings. The third-order valence-electron chi connectivity index (χ3n) is 4.00. The molecule has 0 unspecified atom stereocenters. The minimum atomic E-state index is -4.20.